The zero-order chi connectivity index (χ0) is 15.7. The summed E-state index contributed by atoms with van der Waals surface area (Å²) < 4.78 is 23.0. The van der Waals surface area contributed by atoms with Crippen LogP contribution in [0, 0.1) is 6.92 Å². The summed E-state index contributed by atoms with van der Waals surface area (Å²) in [4.78, 5) is 12.0. The molecule has 0 bridgehead atoms. The molecular weight excluding hydrogens is 312 g/mol. The number of halogens is 1. The van der Waals surface area contributed by atoms with Gasteiger partial charge in [-0.1, -0.05) is 17.7 Å². The van der Waals surface area contributed by atoms with Crippen LogP contribution in [0.1, 0.15) is 18.9 Å². The smallest absolute Gasteiger partial charge is 0.238 e. The van der Waals surface area contributed by atoms with Crippen LogP contribution in [-0.2, 0) is 14.6 Å². The second-order valence-electron chi connectivity index (χ2n) is 5.76. The molecule has 0 spiro atoms. The Hall–Kier alpha value is -1.11. The van der Waals surface area contributed by atoms with Crippen LogP contribution in [-0.4, -0.2) is 37.9 Å². The van der Waals surface area contributed by atoms with Gasteiger partial charge in [0.1, 0.15) is 0 Å². The zero-order valence-corrected chi connectivity index (χ0v) is 13.6. The number of sulfone groups is 1. The van der Waals surface area contributed by atoms with Gasteiger partial charge >= 0.3 is 0 Å². The van der Waals surface area contributed by atoms with E-state index in [-0.39, 0.29) is 24.0 Å². The Balaban J connectivity index is 1.92. The van der Waals surface area contributed by atoms with Crippen LogP contribution in [0.15, 0.2) is 18.2 Å². The van der Waals surface area contributed by atoms with Crippen LogP contribution in [0.2, 0.25) is 5.02 Å². The van der Waals surface area contributed by atoms with E-state index in [0.717, 1.165) is 5.56 Å². The largest absolute Gasteiger partial charge is 0.325 e. The van der Waals surface area contributed by atoms with Crippen molar-refractivity contribution in [2.75, 3.05) is 23.4 Å². The number of anilines is 1. The fraction of sp³-hybridized carbons (Fsp3) is 0.500. The summed E-state index contributed by atoms with van der Waals surface area (Å²) in [6.07, 6.45) is 0.527. The Morgan fingerprint density at radius 2 is 2.14 bits per heavy atom. The average molecular weight is 331 g/mol. The number of aryl methyl sites for hydroxylation is 1. The summed E-state index contributed by atoms with van der Waals surface area (Å²) in [5.41, 5.74) is 1.06. The van der Waals surface area contributed by atoms with E-state index in [0.29, 0.717) is 17.1 Å². The van der Waals surface area contributed by atoms with E-state index in [1.54, 1.807) is 12.1 Å². The van der Waals surface area contributed by atoms with Crippen LogP contribution >= 0.6 is 11.6 Å². The lowest BCUT2D eigenvalue weighted by Gasteiger charge is -2.23. The molecule has 1 heterocycles. The third-order valence-corrected chi connectivity index (χ3v) is 5.79. The number of carbonyl (C=O) groups excluding carboxylic acids is 1. The summed E-state index contributed by atoms with van der Waals surface area (Å²) >= 11 is 5.90. The van der Waals surface area contributed by atoms with E-state index in [1.165, 1.54) is 0 Å². The molecule has 1 aliphatic rings. The second kappa shape index (κ2) is 5.94. The number of benzene rings is 1. The van der Waals surface area contributed by atoms with Crippen molar-refractivity contribution in [3.8, 4) is 0 Å². The quantitative estimate of drug-likeness (QED) is 0.882. The molecule has 1 fully saturated rings. The van der Waals surface area contributed by atoms with Crippen LogP contribution in [0.5, 0.6) is 0 Å². The third-order valence-electron chi connectivity index (χ3n) is 3.65. The highest BCUT2D eigenvalue weighted by atomic mass is 35.5. The standard InChI is InChI=1S/C14H19ClN2O3S/c1-10-3-4-11(15)7-12(10)17-13(18)8-16-14(2)5-6-21(19,20)9-14/h3-4,7,16H,5-6,8-9H2,1-2H3,(H,17,18). The second-order valence-corrected chi connectivity index (χ2v) is 8.38. The van der Waals surface area contributed by atoms with Gasteiger partial charge in [-0.05, 0) is 38.0 Å². The predicted molar refractivity (Wildman–Crippen MR) is 84.5 cm³/mol. The molecule has 7 heteroatoms. The van der Waals surface area contributed by atoms with E-state index < -0.39 is 15.4 Å². The number of hydrogen-bond donors (Lipinski definition) is 2. The summed E-state index contributed by atoms with van der Waals surface area (Å²) in [7, 11) is -2.98. The van der Waals surface area contributed by atoms with Crippen LogP contribution in [0.3, 0.4) is 0 Å². The van der Waals surface area contributed by atoms with Gasteiger partial charge in [0.2, 0.25) is 5.91 Å². The Labute approximate surface area is 130 Å². The van der Waals surface area contributed by atoms with Gasteiger partial charge in [-0.2, -0.15) is 0 Å². The van der Waals surface area contributed by atoms with Crippen molar-refractivity contribution in [1.29, 1.82) is 0 Å². The minimum atomic E-state index is -2.98. The maximum Gasteiger partial charge on any atom is 0.238 e. The highest BCUT2D eigenvalue weighted by Crippen LogP contribution is 2.23. The normalized spacial score (nSPS) is 24.0. The Morgan fingerprint density at radius 3 is 2.76 bits per heavy atom. The highest BCUT2D eigenvalue weighted by Gasteiger charge is 2.38. The fourth-order valence-electron chi connectivity index (χ4n) is 2.37. The van der Waals surface area contributed by atoms with E-state index in [9.17, 15) is 13.2 Å². The molecule has 1 aliphatic heterocycles. The molecule has 2 N–H and O–H groups in total. The monoisotopic (exact) mass is 330 g/mol. The average Bonchev–Trinajstić information content (AvgIpc) is 2.66. The van der Waals surface area contributed by atoms with Gasteiger partial charge in [-0.3, -0.25) is 4.79 Å². The fourth-order valence-corrected chi connectivity index (χ4v) is 4.66. The Bertz CT molecular complexity index is 660. The lowest BCUT2D eigenvalue weighted by molar-refractivity contribution is -0.115. The van der Waals surface area contributed by atoms with E-state index in [1.807, 2.05) is 19.9 Å². The van der Waals surface area contributed by atoms with Crippen LogP contribution < -0.4 is 10.6 Å². The SMILES string of the molecule is Cc1ccc(Cl)cc1NC(=O)CNC1(C)CCS(=O)(=O)C1. The highest BCUT2D eigenvalue weighted by molar-refractivity contribution is 7.91. The van der Waals surface area contributed by atoms with E-state index in [4.69, 9.17) is 11.6 Å². The molecule has 21 heavy (non-hydrogen) atoms. The summed E-state index contributed by atoms with van der Waals surface area (Å²) in [6, 6.07) is 5.28. The Morgan fingerprint density at radius 1 is 1.43 bits per heavy atom. The molecule has 1 aromatic rings. The molecule has 1 atom stereocenters. The molecule has 2 rings (SSSR count). The lowest BCUT2D eigenvalue weighted by atomic mass is 10.0. The topological polar surface area (TPSA) is 75.3 Å². The summed E-state index contributed by atoms with van der Waals surface area (Å²) in [5, 5.41) is 6.37. The first-order valence-corrected chi connectivity index (χ1v) is 8.91. The van der Waals surface area contributed by atoms with Gasteiger partial charge in [0.15, 0.2) is 9.84 Å². The Kier molecular flexibility index (Phi) is 4.60. The van der Waals surface area contributed by atoms with Gasteiger partial charge in [0.05, 0.1) is 18.1 Å². The first-order valence-electron chi connectivity index (χ1n) is 6.71. The maximum atomic E-state index is 12.0. The lowest BCUT2D eigenvalue weighted by Crippen LogP contribution is -2.46. The first kappa shape index (κ1) is 16.3. The number of carbonyl (C=O) groups is 1. The van der Waals surface area contributed by atoms with Crippen molar-refractivity contribution in [2.24, 2.45) is 0 Å². The molecule has 5 nitrogen and oxygen atoms in total. The minimum absolute atomic E-state index is 0.0674. The minimum Gasteiger partial charge on any atom is -0.325 e. The molecule has 0 saturated carbocycles. The van der Waals surface area contributed by atoms with Crippen molar-refractivity contribution in [3.63, 3.8) is 0 Å². The van der Waals surface area contributed by atoms with Crippen molar-refractivity contribution in [1.82, 2.24) is 5.32 Å². The van der Waals surface area contributed by atoms with Crippen molar-refractivity contribution in [2.45, 2.75) is 25.8 Å². The summed E-state index contributed by atoms with van der Waals surface area (Å²) in [6.45, 7) is 3.78. The van der Waals surface area contributed by atoms with Gasteiger partial charge in [-0.15, -0.1) is 0 Å². The van der Waals surface area contributed by atoms with Gasteiger partial charge in [0.25, 0.3) is 0 Å². The van der Waals surface area contributed by atoms with Gasteiger partial charge in [0, 0.05) is 16.2 Å². The molecule has 1 aromatic carbocycles. The summed E-state index contributed by atoms with van der Waals surface area (Å²) in [5.74, 6) is 0.0283. The van der Waals surface area contributed by atoms with Crippen molar-refractivity contribution >= 4 is 33.0 Å². The molecule has 1 unspecified atom stereocenters. The van der Waals surface area contributed by atoms with E-state index >= 15 is 0 Å². The third kappa shape index (κ3) is 4.43. The molecule has 1 amide bonds. The number of amides is 1. The van der Waals surface area contributed by atoms with Crippen molar-refractivity contribution in [3.05, 3.63) is 28.8 Å². The van der Waals surface area contributed by atoms with Gasteiger partial charge in [-0.25, -0.2) is 8.42 Å². The first-order chi connectivity index (χ1) is 9.69. The van der Waals surface area contributed by atoms with Crippen molar-refractivity contribution < 1.29 is 13.2 Å². The number of hydrogen-bond acceptors (Lipinski definition) is 4. The molecule has 1 saturated heterocycles. The van der Waals surface area contributed by atoms with E-state index in [2.05, 4.69) is 10.6 Å². The van der Waals surface area contributed by atoms with Gasteiger partial charge < -0.3 is 10.6 Å². The van der Waals surface area contributed by atoms with Crippen LogP contribution in [0.4, 0.5) is 5.69 Å². The molecule has 0 aliphatic carbocycles. The maximum absolute atomic E-state index is 12.0. The molecule has 0 aromatic heterocycles. The molecule has 116 valence electrons. The zero-order valence-electron chi connectivity index (χ0n) is 12.1. The molecule has 0 radical (unpaired) electrons. The predicted octanol–water partition coefficient (Wildman–Crippen LogP) is 1.75. The number of rotatable bonds is 4. The molecular formula is C14H19ClN2O3S. The van der Waals surface area contributed by atoms with Crippen LogP contribution in [0.25, 0.3) is 0 Å². The number of nitrogens with one attached hydrogen (secondary N) is 2.